The fraction of sp³-hybridized carbons (Fsp3) is 0.545. The molecule has 0 fully saturated rings. The van der Waals surface area contributed by atoms with Crippen LogP contribution in [0.2, 0.25) is 0 Å². The number of hydrogen-bond donors (Lipinski definition) is 1. The number of ether oxygens (including phenoxy) is 1. The molecule has 18 heavy (non-hydrogen) atoms. The van der Waals surface area contributed by atoms with Gasteiger partial charge in [-0.25, -0.2) is 18.4 Å². The molecule has 2 N–H and O–H groups in total. The van der Waals surface area contributed by atoms with Crippen molar-refractivity contribution in [3.05, 3.63) is 18.0 Å². The molecule has 0 aliphatic heterocycles. The summed E-state index contributed by atoms with van der Waals surface area (Å²) in [6.45, 7) is 3.79. The molecule has 0 radical (unpaired) electrons. The van der Waals surface area contributed by atoms with E-state index >= 15 is 0 Å². The van der Waals surface area contributed by atoms with Crippen LogP contribution in [0.3, 0.4) is 0 Å². The van der Waals surface area contributed by atoms with E-state index in [4.69, 9.17) is 9.88 Å². The third kappa shape index (κ3) is 3.58. The maximum Gasteiger partial charge on any atom is 0.355 e. The molecule has 0 saturated heterocycles. The number of carbonyl (C=O) groups excluding carboxylic acids is 1. The van der Waals surface area contributed by atoms with Crippen LogP contribution in [0.15, 0.2) is 17.2 Å². The Labute approximate surface area is 107 Å². The average Bonchev–Trinajstić information content (AvgIpc) is 2.60. The van der Waals surface area contributed by atoms with Crippen LogP contribution in [0.1, 0.15) is 37.2 Å². The molecule has 0 spiro atoms. The standard InChI is InChI=1S/C11H18N2O4S/c1-4-5-8(2)17-11(14)10-6-9(7-13(10)3)18(12,15)16/h6-8H,4-5H2,1-3H3,(H2,12,15,16). The molecule has 1 unspecified atom stereocenters. The Kier molecular flexibility index (Phi) is 4.53. The van der Waals surface area contributed by atoms with Gasteiger partial charge in [-0.1, -0.05) is 13.3 Å². The Morgan fingerprint density at radius 3 is 2.61 bits per heavy atom. The summed E-state index contributed by atoms with van der Waals surface area (Å²) >= 11 is 0. The summed E-state index contributed by atoms with van der Waals surface area (Å²) < 4.78 is 28.9. The van der Waals surface area contributed by atoms with Crippen LogP contribution in [0.4, 0.5) is 0 Å². The first-order valence-electron chi connectivity index (χ1n) is 5.65. The molecule has 102 valence electrons. The number of sulfonamides is 1. The van der Waals surface area contributed by atoms with E-state index < -0.39 is 16.0 Å². The van der Waals surface area contributed by atoms with Crippen molar-refractivity contribution in [3.8, 4) is 0 Å². The second-order valence-electron chi connectivity index (χ2n) is 4.22. The number of hydrogen-bond acceptors (Lipinski definition) is 4. The van der Waals surface area contributed by atoms with Crippen LogP contribution in [0.25, 0.3) is 0 Å². The average molecular weight is 274 g/mol. The van der Waals surface area contributed by atoms with E-state index in [2.05, 4.69) is 0 Å². The number of nitrogens with two attached hydrogens (primary N) is 1. The molecule has 1 atom stereocenters. The fourth-order valence-corrected chi connectivity index (χ4v) is 2.18. The van der Waals surface area contributed by atoms with Gasteiger partial charge in [-0.3, -0.25) is 0 Å². The number of aryl methyl sites for hydroxylation is 1. The summed E-state index contributed by atoms with van der Waals surface area (Å²) in [4.78, 5) is 11.7. The quantitative estimate of drug-likeness (QED) is 0.811. The van der Waals surface area contributed by atoms with Gasteiger partial charge in [0.15, 0.2) is 0 Å². The van der Waals surface area contributed by atoms with Crippen LogP contribution in [-0.4, -0.2) is 25.1 Å². The molecule has 7 heteroatoms. The van der Waals surface area contributed by atoms with E-state index in [1.807, 2.05) is 6.92 Å². The van der Waals surface area contributed by atoms with E-state index in [1.54, 1.807) is 14.0 Å². The zero-order chi connectivity index (χ0) is 13.9. The lowest BCUT2D eigenvalue weighted by Crippen LogP contribution is -2.16. The lowest BCUT2D eigenvalue weighted by Gasteiger charge is -2.12. The Morgan fingerprint density at radius 1 is 1.56 bits per heavy atom. The second kappa shape index (κ2) is 5.53. The number of nitrogens with zero attached hydrogens (tertiary/aromatic N) is 1. The van der Waals surface area contributed by atoms with Crippen molar-refractivity contribution in [1.29, 1.82) is 0 Å². The van der Waals surface area contributed by atoms with Gasteiger partial charge in [0.2, 0.25) is 10.0 Å². The summed E-state index contributed by atoms with van der Waals surface area (Å²) in [6, 6.07) is 1.22. The maximum atomic E-state index is 11.8. The third-order valence-corrected chi connectivity index (χ3v) is 3.40. The molecule has 0 bridgehead atoms. The normalized spacial score (nSPS) is 13.3. The van der Waals surface area contributed by atoms with Crippen molar-refractivity contribution < 1.29 is 17.9 Å². The van der Waals surface area contributed by atoms with Gasteiger partial charge in [-0.2, -0.15) is 0 Å². The molecule has 0 amide bonds. The molecule has 0 saturated carbocycles. The van der Waals surface area contributed by atoms with Gasteiger partial charge in [0.25, 0.3) is 0 Å². The number of rotatable bonds is 5. The zero-order valence-corrected chi connectivity index (χ0v) is 11.5. The van der Waals surface area contributed by atoms with Crippen molar-refractivity contribution >= 4 is 16.0 Å². The highest BCUT2D eigenvalue weighted by Gasteiger charge is 2.19. The summed E-state index contributed by atoms with van der Waals surface area (Å²) in [7, 11) is -2.24. The molecule has 0 aromatic carbocycles. The van der Waals surface area contributed by atoms with Crippen LogP contribution in [0.5, 0.6) is 0 Å². The summed E-state index contributed by atoms with van der Waals surface area (Å²) in [5, 5.41) is 4.99. The Balaban J connectivity index is 2.91. The van der Waals surface area contributed by atoms with Gasteiger partial charge < -0.3 is 9.30 Å². The molecular weight excluding hydrogens is 256 g/mol. The molecular formula is C11H18N2O4S. The number of carbonyl (C=O) groups is 1. The maximum absolute atomic E-state index is 11.8. The van der Waals surface area contributed by atoms with Crippen molar-refractivity contribution in [3.63, 3.8) is 0 Å². The van der Waals surface area contributed by atoms with Gasteiger partial charge in [0.05, 0.1) is 6.10 Å². The van der Waals surface area contributed by atoms with E-state index in [0.29, 0.717) is 0 Å². The molecule has 1 heterocycles. The Hall–Kier alpha value is -1.34. The molecule has 1 aromatic rings. The van der Waals surface area contributed by atoms with E-state index in [0.717, 1.165) is 12.8 Å². The van der Waals surface area contributed by atoms with E-state index in [-0.39, 0.29) is 16.7 Å². The van der Waals surface area contributed by atoms with Gasteiger partial charge in [0.1, 0.15) is 10.6 Å². The Bertz CT molecular complexity index is 533. The van der Waals surface area contributed by atoms with E-state index in [9.17, 15) is 13.2 Å². The summed E-state index contributed by atoms with van der Waals surface area (Å²) in [6.07, 6.45) is 2.76. The molecule has 1 aromatic heterocycles. The van der Waals surface area contributed by atoms with E-state index in [1.165, 1.54) is 16.8 Å². The molecule has 6 nitrogen and oxygen atoms in total. The van der Waals surface area contributed by atoms with Crippen molar-refractivity contribution in [2.75, 3.05) is 0 Å². The first kappa shape index (κ1) is 14.7. The first-order chi connectivity index (χ1) is 8.25. The van der Waals surface area contributed by atoms with Crippen LogP contribution in [0, 0.1) is 0 Å². The summed E-state index contributed by atoms with van der Waals surface area (Å²) in [5.74, 6) is -0.548. The first-order valence-corrected chi connectivity index (χ1v) is 7.20. The smallest absolute Gasteiger partial charge is 0.355 e. The predicted octanol–water partition coefficient (Wildman–Crippen LogP) is 1.02. The zero-order valence-electron chi connectivity index (χ0n) is 10.7. The van der Waals surface area contributed by atoms with Crippen LogP contribution >= 0.6 is 0 Å². The largest absolute Gasteiger partial charge is 0.458 e. The van der Waals surface area contributed by atoms with Crippen molar-refractivity contribution in [2.24, 2.45) is 12.2 Å². The van der Waals surface area contributed by atoms with Gasteiger partial charge >= 0.3 is 5.97 Å². The van der Waals surface area contributed by atoms with Gasteiger partial charge in [-0.15, -0.1) is 0 Å². The third-order valence-electron chi connectivity index (χ3n) is 2.52. The van der Waals surface area contributed by atoms with Gasteiger partial charge in [0, 0.05) is 13.2 Å². The topological polar surface area (TPSA) is 91.4 Å². The predicted molar refractivity (Wildman–Crippen MR) is 66.6 cm³/mol. The van der Waals surface area contributed by atoms with Gasteiger partial charge in [-0.05, 0) is 19.4 Å². The highest BCUT2D eigenvalue weighted by molar-refractivity contribution is 7.89. The number of aromatic nitrogens is 1. The SMILES string of the molecule is CCCC(C)OC(=O)c1cc(S(N)(=O)=O)cn1C. The Morgan fingerprint density at radius 2 is 2.17 bits per heavy atom. The lowest BCUT2D eigenvalue weighted by atomic mass is 10.2. The van der Waals surface area contributed by atoms with Crippen LogP contribution in [-0.2, 0) is 21.8 Å². The summed E-state index contributed by atoms with van der Waals surface area (Å²) in [5.41, 5.74) is 0.168. The van der Waals surface area contributed by atoms with Crippen molar-refractivity contribution in [1.82, 2.24) is 4.57 Å². The number of primary sulfonamides is 1. The molecule has 1 rings (SSSR count). The molecule has 0 aliphatic carbocycles. The monoisotopic (exact) mass is 274 g/mol. The highest BCUT2D eigenvalue weighted by Crippen LogP contribution is 2.14. The molecule has 0 aliphatic rings. The highest BCUT2D eigenvalue weighted by atomic mass is 32.2. The fourth-order valence-electron chi connectivity index (χ4n) is 1.60. The minimum atomic E-state index is -3.81. The minimum absolute atomic E-state index is 0.0971. The van der Waals surface area contributed by atoms with Crippen molar-refractivity contribution in [2.45, 2.75) is 37.7 Å². The lowest BCUT2D eigenvalue weighted by molar-refractivity contribution is 0.0312. The second-order valence-corrected chi connectivity index (χ2v) is 5.78. The minimum Gasteiger partial charge on any atom is -0.458 e. The number of esters is 1. The van der Waals surface area contributed by atoms with Crippen LogP contribution < -0.4 is 5.14 Å².